The highest BCUT2D eigenvalue weighted by atomic mass is 16.5. The second kappa shape index (κ2) is 6.55. The molecule has 1 N–H and O–H groups in total. The molecule has 3 heteroatoms. The maximum absolute atomic E-state index is 10.0. The molecular weight excluding hydrogens is 238 g/mol. The molecule has 2 aliphatic carbocycles. The number of nitrogens with zero attached hydrogens (tertiary/aromatic N) is 1. The van der Waals surface area contributed by atoms with Crippen molar-refractivity contribution in [2.24, 2.45) is 5.41 Å². The maximum Gasteiger partial charge on any atom is 0.0596 e. The second-order valence-electron chi connectivity index (χ2n) is 6.91. The lowest BCUT2D eigenvalue weighted by Crippen LogP contribution is -2.51. The first-order chi connectivity index (χ1) is 9.03. The van der Waals surface area contributed by atoms with Gasteiger partial charge in [-0.05, 0) is 58.4 Å². The van der Waals surface area contributed by atoms with Crippen molar-refractivity contribution in [3.8, 4) is 0 Å². The molecule has 2 saturated carbocycles. The van der Waals surface area contributed by atoms with E-state index in [0.717, 1.165) is 26.0 Å². The summed E-state index contributed by atoms with van der Waals surface area (Å²) in [5.41, 5.74) is 0.492. The van der Waals surface area contributed by atoms with Crippen molar-refractivity contribution in [2.45, 2.75) is 77.0 Å². The molecule has 2 fully saturated rings. The predicted molar refractivity (Wildman–Crippen MR) is 78.3 cm³/mol. The van der Waals surface area contributed by atoms with Crippen LogP contribution in [-0.2, 0) is 4.74 Å². The minimum absolute atomic E-state index is 0.0929. The van der Waals surface area contributed by atoms with Gasteiger partial charge in [0.15, 0.2) is 0 Å². The summed E-state index contributed by atoms with van der Waals surface area (Å²) in [6.45, 7) is 5.96. The number of aliphatic hydroxyl groups is 1. The smallest absolute Gasteiger partial charge is 0.0596 e. The number of likely N-dealkylation sites (N-methyl/N-ethyl adjacent to an activating group) is 1. The van der Waals surface area contributed by atoms with Crippen molar-refractivity contribution in [3.63, 3.8) is 0 Å². The highest BCUT2D eigenvalue weighted by Gasteiger charge is 2.46. The van der Waals surface area contributed by atoms with E-state index in [-0.39, 0.29) is 6.10 Å². The summed E-state index contributed by atoms with van der Waals surface area (Å²) in [6.07, 6.45) is 8.88. The van der Waals surface area contributed by atoms with Gasteiger partial charge < -0.3 is 14.7 Å². The average Bonchev–Trinajstić information content (AvgIpc) is 2.81. The number of ether oxygens (including phenoxy) is 1. The summed E-state index contributed by atoms with van der Waals surface area (Å²) in [7, 11) is 2.21. The first-order valence-corrected chi connectivity index (χ1v) is 8.03. The van der Waals surface area contributed by atoms with Gasteiger partial charge in [-0.3, -0.25) is 0 Å². The van der Waals surface area contributed by atoms with Gasteiger partial charge in [0.05, 0.1) is 18.8 Å². The molecule has 0 heterocycles. The Kier molecular flexibility index (Phi) is 5.27. The van der Waals surface area contributed by atoms with Crippen molar-refractivity contribution in [3.05, 3.63) is 0 Å². The van der Waals surface area contributed by atoms with Gasteiger partial charge in [-0.1, -0.05) is 12.8 Å². The zero-order valence-electron chi connectivity index (χ0n) is 12.9. The van der Waals surface area contributed by atoms with Crippen LogP contribution in [0.5, 0.6) is 0 Å². The van der Waals surface area contributed by atoms with Gasteiger partial charge in [0.25, 0.3) is 0 Å². The molecule has 0 radical (unpaired) electrons. The van der Waals surface area contributed by atoms with Crippen molar-refractivity contribution in [2.75, 3.05) is 20.2 Å². The Balaban J connectivity index is 1.93. The van der Waals surface area contributed by atoms with Crippen LogP contribution in [0.25, 0.3) is 0 Å². The monoisotopic (exact) mass is 269 g/mol. The molecule has 112 valence electrons. The third kappa shape index (κ3) is 3.71. The van der Waals surface area contributed by atoms with Crippen LogP contribution < -0.4 is 0 Å². The Bertz CT molecular complexity index is 274. The highest BCUT2D eigenvalue weighted by molar-refractivity contribution is 4.99. The molecule has 0 amide bonds. The minimum atomic E-state index is -0.0929. The Morgan fingerprint density at radius 2 is 1.95 bits per heavy atom. The summed E-state index contributed by atoms with van der Waals surface area (Å²) in [4.78, 5) is 2.45. The van der Waals surface area contributed by atoms with Gasteiger partial charge in [-0.15, -0.1) is 0 Å². The van der Waals surface area contributed by atoms with Gasteiger partial charge in [-0.2, -0.15) is 0 Å². The van der Waals surface area contributed by atoms with Gasteiger partial charge in [0, 0.05) is 12.6 Å². The minimum Gasteiger partial charge on any atom is -0.393 e. The van der Waals surface area contributed by atoms with Crippen LogP contribution >= 0.6 is 0 Å². The lowest BCUT2D eigenvalue weighted by Gasteiger charge is -2.47. The van der Waals surface area contributed by atoms with E-state index in [1.54, 1.807) is 0 Å². The molecule has 2 atom stereocenters. The van der Waals surface area contributed by atoms with Gasteiger partial charge in [-0.25, -0.2) is 0 Å². The molecule has 0 aromatic rings. The third-order valence-electron chi connectivity index (χ3n) is 5.20. The topological polar surface area (TPSA) is 32.7 Å². The van der Waals surface area contributed by atoms with E-state index in [1.165, 1.54) is 32.1 Å². The SMILES string of the molecule is CC(C)OCCN(C)C1CC(O)CCC12CCCC2. The molecule has 0 aromatic carbocycles. The number of hydrogen-bond acceptors (Lipinski definition) is 3. The van der Waals surface area contributed by atoms with Crippen molar-refractivity contribution < 1.29 is 9.84 Å². The molecular formula is C16H31NO2. The third-order valence-corrected chi connectivity index (χ3v) is 5.20. The lowest BCUT2D eigenvalue weighted by atomic mass is 9.67. The van der Waals surface area contributed by atoms with Crippen molar-refractivity contribution >= 4 is 0 Å². The van der Waals surface area contributed by atoms with E-state index in [0.29, 0.717) is 17.6 Å². The highest BCUT2D eigenvalue weighted by Crippen LogP contribution is 2.50. The van der Waals surface area contributed by atoms with Gasteiger partial charge >= 0.3 is 0 Å². The van der Waals surface area contributed by atoms with E-state index in [1.807, 2.05) is 0 Å². The first-order valence-electron chi connectivity index (χ1n) is 8.03. The number of aliphatic hydroxyl groups excluding tert-OH is 1. The standard InChI is InChI=1S/C16H31NO2/c1-13(2)19-11-10-17(3)15-12-14(18)6-9-16(15)7-4-5-8-16/h13-15,18H,4-12H2,1-3H3. The zero-order chi connectivity index (χ0) is 13.9. The Morgan fingerprint density at radius 1 is 1.26 bits per heavy atom. The summed E-state index contributed by atoms with van der Waals surface area (Å²) in [6, 6.07) is 0.550. The number of rotatable bonds is 5. The van der Waals surface area contributed by atoms with Crippen LogP contribution in [0.2, 0.25) is 0 Å². The van der Waals surface area contributed by atoms with Crippen LogP contribution in [0.1, 0.15) is 58.8 Å². The zero-order valence-corrected chi connectivity index (χ0v) is 12.9. The van der Waals surface area contributed by atoms with Crippen LogP contribution in [0.4, 0.5) is 0 Å². The Hall–Kier alpha value is -0.120. The normalized spacial score (nSPS) is 30.6. The molecule has 2 aliphatic rings. The second-order valence-corrected chi connectivity index (χ2v) is 6.91. The number of hydrogen-bond donors (Lipinski definition) is 1. The fourth-order valence-electron chi connectivity index (χ4n) is 4.14. The fraction of sp³-hybridized carbons (Fsp3) is 1.00. The summed E-state index contributed by atoms with van der Waals surface area (Å²) < 4.78 is 5.68. The molecule has 0 bridgehead atoms. The lowest BCUT2D eigenvalue weighted by molar-refractivity contribution is -0.0296. The van der Waals surface area contributed by atoms with E-state index >= 15 is 0 Å². The molecule has 0 aliphatic heterocycles. The fourth-order valence-corrected chi connectivity index (χ4v) is 4.14. The van der Waals surface area contributed by atoms with E-state index in [4.69, 9.17) is 4.74 Å². The Morgan fingerprint density at radius 3 is 2.58 bits per heavy atom. The molecule has 1 spiro atoms. The maximum atomic E-state index is 10.0. The molecule has 3 nitrogen and oxygen atoms in total. The van der Waals surface area contributed by atoms with Crippen LogP contribution in [-0.4, -0.2) is 48.5 Å². The largest absolute Gasteiger partial charge is 0.393 e. The predicted octanol–water partition coefficient (Wildman–Crippen LogP) is 2.82. The quantitative estimate of drug-likeness (QED) is 0.833. The van der Waals surface area contributed by atoms with Crippen LogP contribution in [0.15, 0.2) is 0 Å². The molecule has 19 heavy (non-hydrogen) atoms. The van der Waals surface area contributed by atoms with E-state index in [2.05, 4.69) is 25.8 Å². The van der Waals surface area contributed by atoms with Gasteiger partial charge in [0.1, 0.15) is 0 Å². The summed E-state index contributed by atoms with van der Waals surface area (Å²) in [5.74, 6) is 0. The van der Waals surface area contributed by atoms with Crippen LogP contribution in [0.3, 0.4) is 0 Å². The molecule has 0 aromatic heterocycles. The summed E-state index contributed by atoms with van der Waals surface area (Å²) >= 11 is 0. The average molecular weight is 269 g/mol. The van der Waals surface area contributed by atoms with E-state index < -0.39 is 0 Å². The Labute approximate surface area is 118 Å². The van der Waals surface area contributed by atoms with E-state index in [9.17, 15) is 5.11 Å². The molecule has 0 saturated heterocycles. The van der Waals surface area contributed by atoms with Gasteiger partial charge in [0.2, 0.25) is 0 Å². The van der Waals surface area contributed by atoms with Crippen molar-refractivity contribution in [1.29, 1.82) is 0 Å². The summed E-state index contributed by atoms with van der Waals surface area (Å²) in [5, 5.41) is 10.0. The molecule has 2 unspecified atom stereocenters. The van der Waals surface area contributed by atoms with Crippen LogP contribution in [0, 0.1) is 5.41 Å². The van der Waals surface area contributed by atoms with Crippen molar-refractivity contribution in [1.82, 2.24) is 4.90 Å². The molecule has 2 rings (SSSR count). The first kappa shape index (κ1) is 15.3.